The van der Waals surface area contributed by atoms with Crippen LogP contribution in [-0.4, -0.2) is 20.2 Å². The predicted molar refractivity (Wildman–Crippen MR) is 68.5 cm³/mol. The minimum atomic E-state index is 0.463. The summed E-state index contributed by atoms with van der Waals surface area (Å²) in [6.07, 6.45) is 5.06. The monoisotopic (exact) mass is 235 g/mol. The molecule has 3 aromatic heterocycles. The largest absolute Gasteiger partial charge is 0.384 e. The van der Waals surface area contributed by atoms with Crippen molar-refractivity contribution in [1.82, 2.24) is 20.2 Å². The van der Waals surface area contributed by atoms with Crippen LogP contribution in [0.1, 0.15) is 11.1 Å². The molecular weight excluding hydrogens is 226 g/mol. The average Bonchev–Trinajstić information content (AvgIpc) is 2.84. The van der Waals surface area contributed by atoms with Gasteiger partial charge in [0.15, 0.2) is 5.65 Å². The molecule has 0 aromatic carbocycles. The fourth-order valence-corrected chi connectivity index (χ4v) is 1.58. The van der Waals surface area contributed by atoms with E-state index < -0.39 is 0 Å². The third kappa shape index (κ3) is 1.99. The average molecular weight is 235 g/mol. The van der Waals surface area contributed by atoms with Gasteiger partial charge in [-0.3, -0.25) is 5.10 Å². The number of H-pyrrole nitrogens is 1. The Hall–Kier alpha value is -2.87. The predicted octanol–water partition coefficient (Wildman–Crippen LogP) is 1.33. The van der Waals surface area contributed by atoms with Gasteiger partial charge in [0.1, 0.15) is 5.82 Å². The van der Waals surface area contributed by atoms with E-state index in [0.717, 1.165) is 22.2 Å². The summed E-state index contributed by atoms with van der Waals surface area (Å²) >= 11 is 0. The Bertz CT molecular complexity index is 763. The van der Waals surface area contributed by atoms with Gasteiger partial charge >= 0.3 is 0 Å². The van der Waals surface area contributed by atoms with Crippen molar-refractivity contribution in [2.24, 2.45) is 0 Å². The lowest BCUT2D eigenvalue weighted by Gasteiger charge is -1.92. The van der Waals surface area contributed by atoms with Crippen molar-refractivity contribution in [2.75, 3.05) is 5.73 Å². The van der Waals surface area contributed by atoms with E-state index in [2.05, 4.69) is 32.0 Å². The summed E-state index contributed by atoms with van der Waals surface area (Å²) in [7, 11) is 0. The summed E-state index contributed by atoms with van der Waals surface area (Å²) in [6, 6.07) is 5.48. The SMILES string of the molecule is Nc1cc(C#Cc2cnc3[nH]ncc3c2)ccn1. The first-order valence-electron chi connectivity index (χ1n) is 5.34. The van der Waals surface area contributed by atoms with Gasteiger partial charge < -0.3 is 5.73 Å². The summed E-state index contributed by atoms with van der Waals surface area (Å²) < 4.78 is 0. The van der Waals surface area contributed by atoms with Gasteiger partial charge in [-0.1, -0.05) is 11.8 Å². The molecule has 0 bridgehead atoms. The number of rotatable bonds is 0. The minimum Gasteiger partial charge on any atom is -0.384 e. The number of pyridine rings is 2. The zero-order valence-corrected chi connectivity index (χ0v) is 9.38. The molecule has 0 fully saturated rings. The van der Waals surface area contributed by atoms with E-state index in [1.807, 2.05) is 12.1 Å². The highest BCUT2D eigenvalue weighted by Gasteiger charge is 1.96. The third-order valence-electron chi connectivity index (χ3n) is 2.42. The molecule has 0 aliphatic heterocycles. The van der Waals surface area contributed by atoms with Crippen molar-refractivity contribution in [3.63, 3.8) is 0 Å². The molecule has 0 saturated carbocycles. The lowest BCUT2D eigenvalue weighted by molar-refractivity contribution is 1.10. The van der Waals surface area contributed by atoms with Gasteiger partial charge in [0.2, 0.25) is 0 Å². The number of aromatic amines is 1. The normalized spacial score (nSPS) is 10.0. The molecule has 0 unspecified atom stereocenters. The van der Waals surface area contributed by atoms with Crippen LogP contribution >= 0.6 is 0 Å². The van der Waals surface area contributed by atoms with Crippen LogP contribution < -0.4 is 5.73 Å². The Morgan fingerprint density at radius 1 is 1.06 bits per heavy atom. The van der Waals surface area contributed by atoms with Crippen molar-refractivity contribution in [2.45, 2.75) is 0 Å². The number of hydrogen-bond acceptors (Lipinski definition) is 4. The van der Waals surface area contributed by atoms with E-state index in [9.17, 15) is 0 Å². The second kappa shape index (κ2) is 4.18. The van der Waals surface area contributed by atoms with E-state index in [1.165, 1.54) is 0 Å². The highest BCUT2D eigenvalue weighted by molar-refractivity contribution is 5.75. The molecule has 5 nitrogen and oxygen atoms in total. The van der Waals surface area contributed by atoms with Gasteiger partial charge in [0, 0.05) is 28.9 Å². The quantitative estimate of drug-likeness (QED) is 0.576. The van der Waals surface area contributed by atoms with Crippen LogP contribution in [0.2, 0.25) is 0 Å². The molecule has 0 aliphatic carbocycles. The molecule has 0 atom stereocenters. The van der Waals surface area contributed by atoms with E-state index in [1.54, 1.807) is 24.7 Å². The standard InChI is InChI=1S/C13H9N5/c14-12-6-9(3-4-15-12)1-2-10-5-11-8-17-18-13(11)16-7-10/h3-8H,(H2,14,15)(H,16,17,18). The second-order valence-electron chi connectivity index (χ2n) is 3.75. The zero-order valence-electron chi connectivity index (χ0n) is 9.38. The molecular formula is C13H9N5. The highest BCUT2D eigenvalue weighted by Crippen LogP contribution is 2.09. The van der Waals surface area contributed by atoms with Crippen molar-refractivity contribution < 1.29 is 0 Å². The van der Waals surface area contributed by atoms with Crippen LogP contribution in [0.15, 0.2) is 36.8 Å². The van der Waals surface area contributed by atoms with E-state index in [-0.39, 0.29) is 0 Å². The number of nitrogens with one attached hydrogen (secondary N) is 1. The zero-order chi connectivity index (χ0) is 12.4. The Balaban J connectivity index is 1.97. The number of nitrogens with two attached hydrogens (primary N) is 1. The maximum atomic E-state index is 5.58. The Labute approximate surface area is 103 Å². The maximum Gasteiger partial charge on any atom is 0.155 e. The molecule has 0 aliphatic rings. The fraction of sp³-hybridized carbons (Fsp3) is 0. The number of nitrogen functional groups attached to an aromatic ring is 1. The van der Waals surface area contributed by atoms with Crippen molar-refractivity contribution in [3.8, 4) is 11.8 Å². The van der Waals surface area contributed by atoms with Crippen molar-refractivity contribution in [1.29, 1.82) is 0 Å². The molecule has 0 amide bonds. The first-order chi connectivity index (χ1) is 8.81. The Morgan fingerprint density at radius 3 is 2.83 bits per heavy atom. The van der Waals surface area contributed by atoms with Gasteiger partial charge in [-0.15, -0.1) is 0 Å². The van der Waals surface area contributed by atoms with Crippen LogP contribution in [-0.2, 0) is 0 Å². The molecule has 5 heteroatoms. The second-order valence-corrected chi connectivity index (χ2v) is 3.75. The molecule has 18 heavy (non-hydrogen) atoms. The maximum absolute atomic E-state index is 5.58. The van der Waals surface area contributed by atoms with E-state index >= 15 is 0 Å². The van der Waals surface area contributed by atoms with Gasteiger partial charge in [-0.05, 0) is 18.2 Å². The summed E-state index contributed by atoms with van der Waals surface area (Å²) in [6.45, 7) is 0. The summed E-state index contributed by atoms with van der Waals surface area (Å²) in [5.74, 6) is 6.51. The van der Waals surface area contributed by atoms with Crippen molar-refractivity contribution in [3.05, 3.63) is 47.9 Å². The van der Waals surface area contributed by atoms with Gasteiger partial charge in [0.05, 0.1) is 6.20 Å². The van der Waals surface area contributed by atoms with Crippen LogP contribution in [0, 0.1) is 11.8 Å². The topological polar surface area (TPSA) is 80.5 Å². The number of nitrogens with zero attached hydrogens (tertiary/aromatic N) is 3. The molecule has 3 aromatic rings. The van der Waals surface area contributed by atoms with Gasteiger partial charge in [-0.2, -0.15) is 5.10 Å². The van der Waals surface area contributed by atoms with Crippen LogP contribution in [0.3, 0.4) is 0 Å². The van der Waals surface area contributed by atoms with E-state index in [4.69, 9.17) is 5.73 Å². The number of anilines is 1. The first kappa shape index (κ1) is 10.3. The highest BCUT2D eigenvalue weighted by atomic mass is 15.1. The summed E-state index contributed by atoms with van der Waals surface area (Å²) in [5.41, 5.74) is 8.00. The molecule has 0 radical (unpaired) electrons. The smallest absolute Gasteiger partial charge is 0.155 e. The molecule has 0 spiro atoms. The molecule has 3 rings (SSSR count). The lowest BCUT2D eigenvalue weighted by Crippen LogP contribution is -1.89. The number of hydrogen-bond donors (Lipinski definition) is 2. The molecule has 3 heterocycles. The van der Waals surface area contributed by atoms with Gasteiger partial charge in [0.25, 0.3) is 0 Å². The van der Waals surface area contributed by atoms with Crippen LogP contribution in [0.5, 0.6) is 0 Å². The third-order valence-corrected chi connectivity index (χ3v) is 2.42. The Morgan fingerprint density at radius 2 is 1.94 bits per heavy atom. The molecule has 0 saturated heterocycles. The summed E-state index contributed by atoms with van der Waals surface area (Å²) in [4.78, 5) is 8.13. The summed E-state index contributed by atoms with van der Waals surface area (Å²) in [5, 5.41) is 7.65. The van der Waals surface area contributed by atoms with Gasteiger partial charge in [-0.25, -0.2) is 9.97 Å². The number of fused-ring (bicyclic) bond motifs is 1. The molecule has 3 N–H and O–H groups in total. The minimum absolute atomic E-state index is 0.463. The van der Waals surface area contributed by atoms with E-state index in [0.29, 0.717) is 5.82 Å². The Kier molecular flexibility index (Phi) is 2.39. The number of aromatic nitrogens is 4. The van der Waals surface area contributed by atoms with Crippen LogP contribution in [0.4, 0.5) is 5.82 Å². The fourth-order valence-electron chi connectivity index (χ4n) is 1.58. The molecule has 86 valence electrons. The first-order valence-corrected chi connectivity index (χ1v) is 5.34. The lowest BCUT2D eigenvalue weighted by atomic mass is 10.2. The van der Waals surface area contributed by atoms with Crippen molar-refractivity contribution >= 4 is 16.9 Å². The van der Waals surface area contributed by atoms with Crippen LogP contribution in [0.25, 0.3) is 11.0 Å².